The van der Waals surface area contributed by atoms with Crippen LogP contribution in [-0.2, 0) is 12.7 Å². The molecule has 0 saturated heterocycles. The van der Waals surface area contributed by atoms with Crippen LogP contribution in [0.3, 0.4) is 0 Å². The predicted octanol–water partition coefficient (Wildman–Crippen LogP) is 6.86. The molecule has 0 bridgehead atoms. The smallest absolute Gasteiger partial charge is 0.304 e. The van der Waals surface area contributed by atoms with Crippen molar-refractivity contribution in [2.45, 2.75) is 12.7 Å². The molecule has 0 atom stereocenters. The van der Waals surface area contributed by atoms with E-state index in [4.69, 9.17) is 11.6 Å². The number of amides is 1. The highest BCUT2D eigenvalue weighted by Crippen LogP contribution is 2.33. The SMILES string of the molecule is O=C(Nc1ccn(Cc2c(F)cccc2Cl)n1)c1cc2nc(-c3ccc4ccccc4c3)cc(C(F)(F)F)n2n1. The number of rotatable bonds is 5. The summed E-state index contributed by atoms with van der Waals surface area (Å²) in [5, 5.41) is 12.6. The number of alkyl halides is 3. The number of anilines is 1. The van der Waals surface area contributed by atoms with Gasteiger partial charge < -0.3 is 5.32 Å². The Labute approximate surface area is 228 Å². The summed E-state index contributed by atoms with van der Waals surface area (Å²) < 4.78 is 58.1. The van der Waals surface area contributed by atoms with Gasteiger partial charge in [-0.1, -0.05) is 54.1 Å². The molecule has 3 aromatic heterocycles. The lowest BCUT2D eigenvalue weighted by Crippen LogP contribution is -2.16. The van der Waals surface area contributed by atoms with Gasteiger partial charge in [-0.05, 0) is 35.0 Å². The second kappa shape index (κ2) is 9.76. The summed E-state index contributed by atoms with van der Waals surface area (Å²) in [6.45, 7) is 0.00610. The van der Waals surface area contributed by atoms with E-state index in [2.05, 4.69) is 20.5 Å². The molecule has 12 heteroatoms. The van der Waals surface area contributed by atoms with Crippen LogP contribution in [-0.4, -0.2) is 30.3 Å². The van der Waals surface area contributed by atoms with Gasteiger partial charge in [-0.3, -0.25) is 9.48 Å². The summed E-state index contributed by atoms with van der Waals surface area (Å²) in [5.41, 5.74) is -0.727. The number of hydrogen-bond acceptors (Lipinski definition) is 4. The van der Waals surface area contributed by atoms with Crippen molar-refractivity contribution in [2.75, 3.05) is 5.32 Å². The van der Waals surface area contributed by atoms with E-state index in [1.165, 1.54) is 35.1 Å². The van der Waals surface area contributed by atoms with Crippen LogP contribution >= 0.6 is 11.6 Å². The molecule has 0 unspecified atom stereocenters. The van der Waals surface area contributed by atoms with Gasteiger partial charge >= 0.3 is 6.18 Å². The zero-order chi connectivity index (χ0) is 28.0. The summed E-state index contributed by atoms with van der Waals surface area (Å²) in [4.78, 5) is 17.3. The van der Waals surface area contributed by atoms with Crippen molar-refractivity contribution >= 4 is 39.7 Å². The van der Waals surface area contributed by atoms with Gasteiger partial charge in [0.25, 0.3) is 5.91 Å². The minimum Gasteiger partial charge on any atom is -0.304 e. The Balaban J connectivity index is 1.31. The number of aromatic nitrogens is 5. The summed E-state index contributed by atoms with van der Waals surface area (Å²) in [6, 6.07) is 20.5. The van der Waals surface area contributed by atoms with Crippen LogP contribution in [0.2, 0.25) is 5.02 Å². The first-order valence-electron chi connectivity index (χ1n) is 11.9. The molecular formula is C28H17ClF4N6O. The Morgan fingerprint density at radius 2 is 1.73 bits per heavy atom. The molecule has 3 heterocycles. The van der Waals surface area contributed by atoms with E-state index in [1.807, 2.05) is 24.3 Å². The lowest BCUT2D eigenvalue weighted by atomic mass is 10.0. The van der Waals surface area contributed by atoms with Crippen molar-refractivity contribution in [3.63, 3.8) is 0 Å². The van der Waals surface area contributed by atoms with E-state index in [1.54, 1.807) is 24.3 Å². The predicted molar refractivity (Wildman–Crippen MR) is 142 cm³/mol. The van der Waals surface area contributed by atoms with Crippen LogP contribution in [0.5, 0.6) is 0 Å². The van der Waals surface area contributed by atoms with Gasteiger partial charge in [-0.25, -0.2) is 13.9 Å². The monoisotopic (exact) mass is 564 g/mol. The minimum absolute atomic E-state index is 0.00610. The molecule has 0 aliphatic heterocycles. The van der Waals surface area contributed by atoms with Crippen LogP contribution in [0, 0.1) is 5.82 Å². The number of hydrogen-bond donors (Lipinski definition) is 1. The summed E-state index contributed by atoms with van der Waals surface area (Å²) in [6.07, 6.45) is -3.26. The van der Waals surface area contributed by atoms with Gasteiger partial charge in [-0.2, -0.15) is 23.4 Å². The van der Waals surface area contributed by atoms with E-state index in [-0.39, 0.29) is 40.0 Å². The van der Waals surface area contributed by atoms with Crippen molar-refractivity contribution in [3.8, 4) is 11.3 Å². The Morgan fingerprint density at radius 1 is 0.925 bits per heavy atom. The molecule has 7 nitrogen and oxygen atoms in total. The Bertz CT molecular complexity index is 1890. The van der Waals surface area contributed by atoms with Crippen LogP contribution in [0.25, 0.3) is 27.7 Å². The number of fused-ring (bicyclic) bond motifs is 2. The second-order valence-electron chi connectivity index (χ2n) is 8.94. The zero-order valence-electron chi connectivity index (χ0n) is 20.3. The van der Waals surface area contributed by atoms with Crippen molar-refractivity contribution < 1.29 is 22.4 Å². The largest absolute Gasteiger partial charge is 0.433 e. The van der Waals surface area contributed by atoms with Crippen molar-refractivity contribution in [2.24, 2.45) is 0 Å². The fraction of sp³-hybridized carbons (Fsp3) is 0.0714. The van der Waals surface area contributed by atoms with Gasteiger partial charge in [0.1, 0.15) is 5.82 Å². The van der Waals surface area contributed by atoms with Gasteiger partial charge in [-0.15, -0.1) is 0 Å². The average molecular weight is 565 g/mol. The first-order chi connectivity index (χ1) is 19.2. The molecule has 6 rings (SSSR count). The highest BCUT2D eigenvalue weighted by molar-refractivity contribution is 6.31. The number of carbonyl (C=O) groups excluding carboxylic acids is 1. The minimum atomic E-state index is -4.76. The molecule has 3 aromatic carbocycles. The fourth-order valence-corrected chi connectivity index (χ4v) is 4.55. The van der Waals surface area contributed by atoms with Crippen molar-refractivity contribution in [3.05, 3.63) is 113 Å². The maximum absolute atomic E-state index is 14.1. The topological polar surface area (TPSA) is 77.1 Å². The summed E-state index contributed by atoms with van der Waals surface area (Å²) >= 11 is 6.06. The molecule has 200 valence electrons. The molecule has 1 amide bonds. The zero-order valence-corrected chi connectivity index (χ0v) is 21.1. The fourth-order valence-electron chi connectivity index (χ4n) is 4.33. The normalized spacial score (nSPS) is 11.8. The van der Waals surface area contributed by atoms with Crippen LogP contribution in [0.1, 0.15) is 21.7 Å². The highest BCUT2D eigenvalue weighted by atomic mass is 35.5. The molecule has 0 radical (unpaired) electrons. The van der Waals surface area contributed by atoms with Gasteiger partial charge in [0, 0.05) is 34.5 Å². The first kappa shape index (κ1) is 25.5. The molecule has 0 aliphatic rings. The molecular weight excluding hydrogens is 548 g/mol. The maximum Gasteiger partial charge on any atom is 0.433 e. The molecule has 6 aromatic rings. The van der Waals surface area contributed by atoms with Crippen molar-refractivity contribution in [1.82, 2.24) is 24.4 Å². The number of nitrogens with one attached hydrogen (secondary N) is 1. The lowest BCUT2D eigenvalue weighted by Gasteiger charge is -2.11. The molecule has 40 heavy (non-hydrogen) atoms. The first-order valence-corrected chi connectivity index (χ1v) is 12.3. The van der Waals surface area contributed by atoms with E-state index in [0.717, 1.165) is 16.8 Å². The van der Waals surface area contributed by atoms with Gasteiger partial charge in [0.2, 0.25) is 0 Å². The molecule has 0 saturated carbocycles. The molecule has 1 N–H and O–H groups in total. The Kier molecular flexibility index (Phi) is 6.22. The van der Waals surface area contributed by atoms with Crippen molar-refractivity contribution in [1.29, 1.82) is 0 Å². The molecule has 0 fully saturated rings. The van der Waals surface area contributed by atoms with Crippen LogP contribution in [0.4, 0.5) is 23.4 Å². The standard InChI is InChI=1S/C28H17ClF4N6O/c29-20-6-3-7-21(30)19(20)15-38-11-10-25(37-38)35-27(40)23-14-26-34-22(13-24(28(31,32)33)39(26)36-23)18-9-8-16-4-1-2-5-17(16)12-18/h1-14H,15H2,(H,35,37,40). The van der Waals surface area contributed by atoms with Gasteiger partial charge in [0.15, 0.2) is 22.9 Å². The average Bonchev–Trinajstić information content (AvgIpc) is 3.56. The Morgan fingerprint density at radius 3 is 2.50 bits per heavy atom. The summed E-state index contributed by atoms with van der Waals surface area (Å²) in [7, 11) is 0. The number of carbonyl (C=O) groups is 1. The molecule has 0 spiro atoms. The lowest BCUT2D eigenvalue weighted by molar-refractivity contribution is -0.142. The maximum atomic E-state index is 14.1. The number of benzene rings is 3. The highest BCUT2D eigenvalue weighted by Gasteiger charge is 2.35. The van der Waals surface area contributed by atoms with E-state index in [9.17, 15) is 22.4 Å². The van der Waals surface area contributed by atoms with E-state index in [0.29, 0.717) is 10.1 Å². The third-order valence-electron chi connectivity index (χ3n) is 6.26. The third-order valence-corrected chi connectivity index (χ3v) is 6.61. The molecule has 0 aliphatic carbocycles. The van der Waals surface area contributed by atoms with Gasteiger partial charge in [0.05, 0.1) is 12.2 Å². The second-order valence-corrected chi connectivity index (χ2v) is 9.35. The van der Waals surface area contributed by atoms with Crippen LogP contribution in [0.15, 0.2) is 85.1 Å². The number of nitrogens with zero attached hydrogens (tertiary/aromatic N) is 5. The summed E-state index contributed by atoms with van der Waals surface area (Å²) in [5.74, 6) is -1.20. The van der Waals surface area contributed by atoms with Crippen LogP contribution < -0.4 is 5.32 Å². The quantitative estimate of drug-likeness (QED) is 0.232. The third kappa shape index (κ3) is 4.87. The number of halogens is 5. The Hall–Kier alpha value is -4.77. The van der Waals surface area contributed by atoms with E-state index < -0.39 is 23.6 Å². The van der Waals surface area contributed by atoms with E-state index >= 15 is 0 Å².